The number of primary amides is 1. The largest absolute Gasteiger partial charge is 0.394 e. The van der Waals surface area contributed by atoms with Crippen LogP contribution in [0.15, 0.2) is 66.7 Å². The Labute approximate surface area is 280 Å². The van der Waals surface area contributed by atoms with E-state index in [-0.39, 0.29) is 29.0 Å². The van der Waals surface area contributed by atoms with Crippen LogP contribution in [0.25, 0.3) is 16.8 Å². The van der Waals surface area contributed by atoms with Crippen LogP contribution >= 0.6 is 11.6 Å². The van der Waals surface area contributed by atoms with E-state index in [1.807, 2.05) is 42.2 Å². The molecule has 3 aromatic carbocycles. The second kappa shape index (κ2) is 15.0. The fourth-order valence-corrected chi connectivity index (χ4v) is 6.32. The molecular formula is C37H42ClN5O4. The van der Waals surface area contributed by atoms with Gasteiger partial charge in [0, 0.05) is 25.3 Å². The SMILES string of the molecule is CCCCN(CCCC)C(=O)c1cc(C)n(-c2ccc(-c3ccc(Cl)c(C(N)=O)c3)cc2C(=O)N2Cc3ccccc3C[C@H]2CO)n1. The number of aromatic nitrogens is 2. The zero-order valence-electron chi connectivity index (χ0n) is 27.2. The molecule has 1 atom stereocenters. The van der Waals surface area contributed by atoms with Gasteiger partial charge in [-0.3, -0.25) is 14.4 Å². The van der Waals surface area contributed by atoms with Gasteiger partial charge in [0.2, 0.25) is 5.91 Å². The predicted molar refractivity (Wildman–Crippen MR) is 184 cm³/mol. The van der Waals surface area contributed by atoms with Crippen molar-refractivity contribution in [2.24, 2.45) is 5.73 Å². The summed E-state index contributed by atoms with van der Waals surface area (Å²) in [6, 6.07) is 19.7. The van der Waals surface area contributed by atoms with Crippen LogP contribution in [0.4, 0.5) is 0 Å². The highest BCUT2D eigenvalue weighted by atomic mass is 35.5. The number of hydrogen-bond acceptors (Lipinski definition) is 5. The van der Waals surface area contributed by atoms with Crippen molar-refractivity contribution in [2.45, 2.75) is 65.5 Å². The number of benzene rings is 3. The van der Waals surface area contributed by atoms with E-state index in [0.717, 1.165) is 36.8 Å². The highest BCUT2D eigenvalue weighted by Gasteiger charge is 2.32. The van der Waals surface area contributed by atoms with Gasteiger partial charge in [0.15, 0.2) is 5.69 Å². The number of amides is 3. The van der Waals surface area contributed by atoms with Crippen LogP contribution in [0.3, 0.4) is 0 Å². The van der Waals surface area contributed by atoms with Crippen molar-refractivity contribution in [3.05, 3.63) is 105 Å². The Morgan fingerprint density at radius 2 is 1.57 bits per heavy atom. The predicted octanol–water partition coefficient (Wildman–Crippen LogP) is 6.20. The number of unbranched alkanes of at least 4 members (excludes halogenated alkanes) is 2. The Bertz CT molecular complexity index is 1780. The fraction of sp³-hybridized carbons (Fsp3) is 0.351. The maximum absolute atomic E-state index is 14.6. The number of nitrogens with zero attached hydrogens (tertiary/aromatic N) is 4. The molecule has 1 aliphatic rings. The minimum absolute atomic E-state index is 0.133. The van der Waals surface area contributed by atoms with Gasteiger partial charge in [-0.15, -0.1) is 0 Å². The molecule has 246 valence electrons. The summed E-state index contributed by atoms with van der Waals surface area (Å²) in [5.74, 6) is -1.07. The number of halogens is 1. The standard InChI is InChI=1S/C37H42ClN5O4/c1-4-6-16-41(17-7-5-2)37(47)33-18-24(3)43(40-33)34-15-13-27(26-12-14-32(38)30(20-26)35(39)45)21-31(34)36(46)42-22-28-11-9-8-10-25(28)19-29(42)23-44/h8-15,18,20-21,29,44H,4-7,16-17,19,22-23H2,1-3H3,(H2,39,45)/t29-/m0/s1. The summed E-state index contributed by atoms with van der Waals surface area (Å²) in [5, 5.41) is 15.4. The van der Waals surface area contributed by atoms with E-state index < -0.39 is 11.9 Å². The van der Waals surface area contributed by atoms with Crippen LogP contribution in [0.2, 0.25) is 5.02 Å². The average Bonchev–Trinajstić information content (AvgIpc) is 3.48. The first kappa shape index (κ1) is 33.9. The van der Waals surface area contributed by atoms with Gasteiger partial charge < -0.3 is 20.6 Å². The first-order valence-electron chi connectivity index (χ1n) is 16.2. The Balaban J connectivity index is 1.61. The van der Waals surface area contributed by atoms with Crippen molar-refractivity contribution >= 4 is 29.3 Å². The van der Waals surface area contributed by atoms with Gasteiger partial charge in [0.05, 0.1) is 34.5 Å². The van der Waals surface area contributed by atoms with Crippen molar-refractivity contribution < 1.29 is 19.5 Å². The third-order valence-corrected chi connectivity index (χ3v) is 9.13. The molecule has 0 fully saturated rings. The molecule has 3 amide bonds. The van der Waals surface area contributed by atoms with Crippen LogP contribution in [-0.2, 0) is 13.0 Å². The molecule has 47 heavy (non-hydrogen) atoms. The molecule has 0 saturated heterocycles. The van der Waals surface area contributed by atoms with Crippen molar-refractivity contribution in [3.8, 4) is 16.8 Å². The molecule has 1 aromatic heterocycles. The zero-order valence-corrected chi connectivity index (χ0v) is 28.0. The van der Waals surface area contributed by atoms with Gasteiger partial charge in [0.25, 0.3) is 11.8 Å². The molecular weight excluding hydrogens is 614 g/mol. The number of hydrogen-bond donors (Lipinski definition) is 2. The third-order valence-electron chi connectivity index (χ3n) is 8.80. The molecule has 4 aromatic rings. The van der Waals surface area contributed by atoms with E-state index in [9.17, 15) is 19.5 Å². The van der Waals surface area contributed by atoms with E-state index >= 15 is 0 Å². The van der Waals surface area contributed by atoms with Crippen LogP contribution in [0.1, 0.15) is 87.6 Å². The van der Waals surface area contributed by atoms with Gasteiger partial charge in [-0.1, -0.05) is 74.7 Å². The van der Waals surface area contributed by atoms with Gasteiger partial charge in [-0.2, -0.15) is 5.10 Å². The number of aliphatic hydroxyl groups excluding tert-OH is 1. The lowest BCUT2D eigenvalue weighted by Crippen LogP contribution is -2.46. The molecule has 3 N–H and O–H groups in total. The number of aliphatic hydroxyl groups is 1. The molecule has 2 heterocycles. The minimum atomic E-state index is -0.654. The lowest BCUT2D eigenvalue weighted by molar-refractivity contribution is 0.0544. The second-order valence-corrected chi connectivity index (χ2v) is 12.5. The Hall–Kier alpha value is -4.47. The third kappa shape index (κ3) is 7.26. The van der Waals surface area contributed by atoms with E-state index in [4.69, 9.17) is 22.4 Å². The first-order chi connectivity index (χ1) is 22.7. The second-order valence-electron chi connectivity index (χ2n) is 12.1. The van der Waals surface area contributed by atoms with Gasteiger partial charge in [0.1, 0.15) is 0 Å². The highest BCUT2D eigenvalue weighted by molar-refractivity contribution is 6.33. The number of rotatable bonds is 12. The molecule has 10 heteroatoms. The molecule has 0 unspecified atom stereocenters. The van der Waals surface area contributed by atoms with Crippen molar-refractivity contribution in [1.29, 1.82) is 0 Å². The van der Waals surface area contributed by atoms with Gasteiger partial charge in [-0.05, 0) is 78.8 Å². The summed E-state index contributed by atoms with van der Waals surface area (Å²) in [6.45, 7) is 7.52. The van der Waals surface area contributed by atoms with Crippen LogP contribution < -0.4 is 5.73 Å². The Kier molecular flexibility index (Phi) is 10.8. The van der Waals surface area contributed by atoms with E-state index in [1.54, 1.807) is 46.0 Å². The number of carbonyl (C=O) groups is 3. The number of fused-ring (bicyclic) bond motifs is 1. The maximum Gasteiger partial charge on any atom is 0.274 e. The summed E-state index contributed by atoms with van der Waals surface area (Å²) in [7, 11) is 0. The van der Waals surface area contributed by atoms with Crippen molar-refractivity contribution in [3.63, 3.8) is 0 Å². The molecule has 9 nitrogen and oxygen atoms in total. The van der Waals surface area contributed by atoms with Crippen molar-refractivity contribution in [1.82, 2.24) is 19.6 Å². The number of nitrogens with two attached hydrogens (primary N) is 1. The number of aryl methyl sites for hydroxylation is 1. The summed E-state index contributed by atoms with van der Waals surface area (Å²) >= 11 is 6.24. The normalized spacial score (nSPS) is 14.1. The summed E-state index contributed by atoms with van der Waals surface area (Å²) in [5.41, 5.74) is 11.1. The molecule has 1 aliphatic heterocycles. The van der Waals surface area contributed by atoms with E-state index in [2.05, 4.69) is 13.8 Å². The molecule has 0 spiro atoms. The minimum Gasteiger partial charge on any atom is -0.394 e. The first-order valence-corrected chi connectivity index (χ1v) is 16.6. The molecule has 0 aliphatic carbocycles. The average molecular weight is 656 g/mol. The monoisotopic (exact) mass is 655 g/mol. The molecule has 0 bridgehead atoms. The summed E-state index contributed by atoms with van der Waals surface area (Å²) < 4.78 is 1.64. The van der Waals surface area contributed by atoms with Crippen LogP contribution in [0, 0.1) is 6.92 Å². The summed E-state index contributed by atoms with van der Waals surface area (Å²) in [4.78, 5) is 43.9. The topological polar surface area (TPSA) is 122 Å². The lowest BCUT2D eigenvalue weighted by atomic mass is 9.93. The smallest absolute Gasteiger partial charge is 0.274 e. The molecule has 0 saturated carbocycles. The van der Waals surface area contributed by atoms with Gasteiger partial charge in [-0.25, -0.2) is 4.68 Å². The Morgan fingerprint density at radius 3 is 2.21 bits per heavy atom. The quantitative estimate of drug-likeness (QED) is 0.188. The highest BCUT2D eigenvalue weighted by Crippen LogP contribution is 2.32. The van der Waals surface area contributed by atoms with E-state index in [0.29, 0.717) is 59.8 Å². The van der Waals surface area contributed by atoms with Crippen LogP contribution in [-0.4, -0.2) is 68.1 Å². The number of carbonyl (C=O) groups excluding carboxylic acids is 3. The molecule has 5 rings (SSSR count). The fourth-order valence-electron chi connectivity index (χ4n) is 6.11. The molecule has 0 radical (unpaired) electrons. The Morgan fingerprint density at radius 1 is 0.936 bits per heavy atom. The summed E-state index contributed by atoms with van der Waals surface area (Å²) in [6.07, 6.45) is 4.29. The zero-order chi connectivity index (χ0) is 33.7. The lowest BCUT2D eigenvalue weighted by Gasteiger charge is -2.36. The van der Waals surface area contributed by atoms with E-state index in [1.165, 1.54) is 0 Å². The van der Waals surface area contributed by atoms with Gasteiger partial charge >= 0.3 is 0 Å². The maximum atomic E-state index is 14.6. The van der Waals surface area contributed by atoms with Crippen molar-refractivity contribution in [2.75, 3.05) is 19.7 Å². The van der Waals surface area contributed by atoms with Crippen LogP contribution in [0.5, 0.6) is 0 Å².